The molecule has 134 valence electrons. The van der Waals surface area contributed by atoms with E-state index in [-0.39, 0.29) is 17.9 Å². The number of carbonyl (C=O) groups is 2. The van der Waals surface area contributed by atoms with E-state index in [1.165, 1.54) is 0 Å². The molecule has 4 rings (SSSR count). The molecule has 2 unspecified atom stereocenters. The Balaban J connectivity index is 1.49. The number of ether oxygens (including phenoxy) is 1. The number of nitrogens with zero attached hydrogens (tertiary/aromatic N) is 1. The molecule has 2 aromatic heterocycles. The van der Waals surface area contributed by atoms with Crippen molar-refractivity contribution in [1.82, 2.24) is 20.5 Å². The van der Waals surface area contributed by atoms with Crippen LogP contribution in [0.25, 0.3) is 22.2 Å². The Hall–Kier alpha value is -3.09. The first-order valence-electron chi connectivity index (χ1n) is 8.71. The van der Waals surface area contributed by atoms with E-state index in [0.717, 1.165) is 22.9 Å². The van der Waals surface area contributed by atoms with Gasteiger partial charge >= 0.3 is 5.97 Å². The summed E-state index contributed by atoms with van der Waals surface area (Å²) in [5.41, 5.74) is 2.92. The standard InChI is InChI=1S/C19H20N4O3/c1-11(12-6-7-20-18(24)8-12)26-19(25)17-9-16(22-23-17)14-10-21-15-5-3-2-4-13(14)15/h2-5,9-12,21H,6-8H2,1H3,(H,20,24)(H,22,23). The van der Waals surface area contributed by atoms with E-state index in [1.807, 2.05) is 37.4 Å². The number of hydrogen-bond donors (Lipinski definition) is 3. The predicted molar refractivity (Wildman–Crippen MR) is 96.5 cm³/mol. The van der Waals surface area contributed by atoms with Gasteiger partial charge in [0, 0.05) is 41.5 Å². The molecule has 3 N–H and O–H groups in total. The first-order valence-corrected chi connectivity index (χ1v) is 8.71. The number of nitrogens with one attached hydrogen (secondary N) is 3. The second-order valence-electron chi connectivity index (χ2n) is 6.63. The van der Waals surface area contributed by atoms with Crippen LogP contribution in [0.15, 0.2) is 36.5 Å². The minimum Gasteiger partial charge on any atom is -0.458 e. The van der Waals surface area contributed by atoms with Crippen molar-refractivity contribution >= 4 is 22.8 Å². The maximum Gasteiger partial charge on any atom is 0.356 e. The van der Waals surface area contributed by atoms with Crippen LogP contribution in [0.5, 0.6) is 0 Å². The number of carbonyl (C=O) groups excluding carboxylic acids is 2. The van der Waals surface area contributed by atoms with Crippen LogP contribution in [0.3, 0.4) is 0 Å². The molecule has 0 spiro atoms. The third kappa shape index (κ3) is 3.08. The van der Waals surface area contributed by atoms with Crippen LogP contribution in [0.2, 0.25) is 0 Å². The van der Waals surface area contributed by atoms with Crippen LogP contribution in [0.4, 0.5) is 0 Å². The number of aromatic amines is 2. The van der Waals surface area contributed by atoms with Gasteiger partial charge in [-0.1, -0.05) is 18.2 Å². The molecule has 1 aliphatic heterocycles. The number of esters is 1. The number of benzene rings is 1. The Kier molecular flexibility index (Phi) is 4.20. The summed E-state index contributed by atoms with van der Waals surface area (Å²) in [6.07, 6.45) is 2.74. The minimum atomic E-state index is -0.456. The lowest BCUT2D eigenvalue weighted by Gasteiger charge is -2.27. The normalized spacial score (nSPS) is 18.5. The highest BCUT2D eigenvalue weighted by molar-refractivity contribution is 5.96. The lowest BCUT2D eigenvalue weighted by Crippen LogP contribution is -2.38. The van der Waals surface area contributed by atoms with E-state index >= 15 is 0 Å². The largest absolute Gasteiger partial charge is 0.458 e. The molecule has 1 aliphatic rings. The van der Waals surface area contributed by atoms with Crippen molar-refractivity contribution in [3.63, 3.8) is 0 Å². The second kappa shape index (κ2) is 6.67. The summed E-state index contributed by atoms with van der Waals surface area (Å²) in [6, 6.07) is 9.61. The van der Waals surface area contributed by atoms with E-state index in [4.69, 9.17) is 4.74 Å². The molecule has 1 fully saturated rings. The molecule has 1 amide bonds. The molecule has 1 aromatic carbocycles. The van der Waals surface area contributed by atoms with Gasteiger partial charge in [0.15, 0.2) is 0 Å². The second-order valence-corrected chi connectivity index (χ2v) is 6.63. The van der Waals surface area contributed by atoms with Crippen molar-refractivity contribution in [2.45, 2.75) is 25.9 Å². The van der Waals surface area contributed by atoms with Crippen molar-refractivity contribution in [2.24, 2.45) is 5.92 Å². The molecule has 2 atom stereocenters. The number of aromatic nitrogens is 3. The van der Waals surface area contributed by atoms with Gasteiger partial charge in [-0.15, -0.1) is 0 Å². The zero-order valence-electron chi connectivity index (χ0n) is 14.4. The minimum absolute atomic E-state index is 0.00677. The number of piperidine rings is 1. The lowest BCUT2D eigenvalue weighted by atomic mass is 9.92. The number of amides is 1. The SMILES string of the molecule is CC(OC(=O)c1cc(-c2c[nH]c3ccccc23)n[nH]1)C1CCNC(=O)C1. The molecule has 0 saturated carbocycles. The number of rotatable bonds is 4. The summed E-state index contributed by atoms with van der Waals surface area (Å²) in [6.45, 7) is 2.46. The molecule has 0 radical (unpaired) electrons. The molecule has 0 bridgehead atoms. The third-order valence-electron chi connectivity index (χ3n) is 4.90. The van der Waals surface area contributed by atoms with Crippen molar-refractivity contribution in [1.29, 1.82) is 0 Å². The highest BCUT2D eigenvalue weighted by Crippen LogP contribution is 2.28. The molecule has 3 heterocycles. The zero-order valence-corrected chi connectivity index (χ0v) is 14.4. The smallest absolute Gasteiger partial charge is 0.356 e. The van der Waals surface area contributed by atoms with E-state index in [1.54, 1.807) is 6.07 Å². The van der Waals surface area contributed by atoms with E-state index in [2.05, 4.69) is 20.5 Å². The van der Waals surface area contributed by atoms with Gasteiger partial charge in [-0.2, -0.15) is 5.10 Å². The highest BCUT2D eigenvalue weighted by atomic mass is 16.5. The Bertz CT molecular complexity index is 959. The molecular formula is C19H20N4O3. The van der Waals surface area contributed by atoms with Gasteiger partial charge < -0.3 is 15.0 Å². The van der Waals surface area contributed by atoms with E-state index in [0.29, 0.717) is 24.4 Å². The summed E-state index contributed by atoms with van der Waals surface area (Å²) in [5, 5.41) is 10.8. The van der Waals surface area contributed by atoms with Crippen LogP contribution in [0, 0.1) is 5.92 Å². The Morgan fingerprint density at radius 1 is 1.35 bits per heavy atom. The van der Waals surface area contributed by atoms with Gasteiger partial charge in [0.1, 0.15) is 11.8 Å². The number of fused-ring (bicyclic) bond motifs is 1. The van der Waals surface area contributed by atoms with Crippen LogP contribution >= 0.6 is 0 Å². The monoisotopic (exact) mass is 352 g/mol. The van der Waals surface area contributed by atoms with Crippen LogP contribution in [-0.2, 0) is 9.53 Å². The van der Waals surface area contributed by atoms with Crippen molar-refractivity contribution in [2.75, 3.05) is 6.54 Å². The maximum absolute atomic E-state index is 12.4. The quantitative estimate of drug-likeness (QED) is 0.629. The van der Waals surface area contributed by atoms with E-state index < -0.39 is 5.97 Å². The van der Waals surface area contributed by atoms with Gasteiger partial charge in [-0.3, -0.25) is 9.89 Å². The maximum atomic E-state index is 12.4. The fourth-order valence-electron chi connectivity index (χ4n) is 3.39. The van der Waals surface area contributed by atoms with E-state index in [9.17, 15) is 9.59 Å². The van der Waals surface area contributed by atoms with Crippen molar-refractivity contribution in [3.05, 3.63) is 42.2 Å². The molecule has 7 heteroatoms. The number of hydrogen-bond acceptors (Lipinski definition) is 4. The van der Waals surface area contributed by atoms with Gasteiger partial charge in [0.05, 0.1) is 5.69 Å². The van der Waals surface area contributed by atoms with Crippen molar-refractivity contribution in [3.8, 4) is 11.3 Å². The summed E-state index contributed by atoms with van der Waals surface area (Å²) in [4.78, 5) is 27.1. The zero-order chi connectivity index (χ0) is 18.1. The Morgan fingerprint density at radius 3 is 3.04 bits per heavy atom. The van der Waals surface area contributed by atoms with Crippen LogP contribution in [0.1, 0.15) is 30.3 Å². The topological polar surface area (TPSA) is 99.9 Å². The number of para-hydroxylation sites is 1. The summed E-state index contributed by atoms with van der Waals surface area (Å²) in [5.74, 6) is -0.405. The summed E-state index contributed by atoms with van der Waals surface area (Å²) >= 11 is 0. The highest BCUT2D eigenvalue weighted by Gasteiger charge is 2.27. The lowest BCUT2D eigenvalue weighted by molar-refractivity contribution is -0.124. The molecule has 7 nitrogen and oxygen atoms in total. The van der Waals surface area contributed by atoms with Gasteiger partial charge in [-0.05, 0) is 25.5 Å². The average molecular weight is 352 g/mol. The number of H-pyrrole nitrogens is 2. The van der Waals surface area contributed by atoms with Crippen molar-refractivity contribution < 1.29 is 14.3 Å². The first kappa shape index (κ1) is 16.4. The predicted octanol–water partition coefficient (Wildman–Crippen LogP) is 2.63. The average Bonchev–Trinajstić information content (AvgIpc) is 3.28. The third-order valence-corrected chi connectivity index (χ3v) is 4.90. The Morgan fingerprint density at radius 2 is 2.19 bits per heavy atom. The van der Waals surface area contributed by atoms with Crippen LogP contribution < -0.4 is 5.32 Å². The fourth-order valence-corrected chi connectivity index (χ4v) is 3.39. The molecular weight excluding hydrogens is 332 g/mol. The molecule has 1 saturated heterocycles. The molecule has 26 heavy (non-hydrogen) atoms. The molecule has 0 aliphatic carbocycles. The summed E-state index contributed by atoms with van der Waals surface area (Å²) < 4.78 is 5.54. The van der Waals surface area contributed by atoms with Gasteiger partial charge in [-0.25, -0.2) is 4.79 Å². The van der Waals surface area contributed by atoms with Crippen LogP contribution in [-0.4, -0.2) is 39.7 Å². The fraction of sp³-hybridized carbons (Fsp3) is 0.316. The Labute approximate surface area is 150 Å². The first-order chi connectivity index (χ1) is 12.6. The summed E-state index contributed by atoms with van der Waals surface area (Å²) in [7, 11) is 0. The van der Waals surface area contributed by atoms with Gasteiger partial charge in [0.2, 0.25) is 5.91 Å². The van der Waals surface area contributed by atoms with Gasteiger partial charge in [0.25, 0.3) is 0 Å². The molecule has 3 aromatic rings.